The number of aromatic nitrogens is 4. The summed E-state index contributed by atoms with van der Waals surface area (Å²) in [5.74, 6) is 1.53. The van der Waals surface area contributed by atoms with Gasteiger partial charge in [-0.1, -0.05) is 16.8 Å². The number of carbonyl (C=O) groups is 1. The van der Waals surface area contributed by atoms with Gasteiger partial charge < -0.3 is 9.42 Å². The van der Waals surface area contributed by atoms with E-state index in [1.807, 2.05) is 12.1 Å². The number of rotatable bonds is 3. The molecule has 3 heterocycles. The number of urea groups is 1. The molecule has 9 heteroatoms. The topological polar surface area (TPSA) is 97.0 Å². The molecule has 0 bridgehead atoms. The average Bonchev–Trinajstić information content (AvgIpc) is 3.20. The maximum Gasteiger partial charge on any atom is 0.323 e. The summed E-state index contributed by atoms with van der Waals surface area (Å²) in [4.78, 5) is 26.6. The number of carbonyl (C=O) groups excluding carboxylic acids is 1. The summed E-state index contributed by atoms with van der Waals surface area (Å²) in [5.41, 5.74) is 0.837. The molecule has 27 heavy (non-hydrogen) atoms. The lowest BCUT2D eigenvalue weighted by atomic mass is 9.98. The van der Waals surface area contributed by atoms with Crippen LogP contribution in [0.1, 0.15) is 24.7 Å². The van der Waals surface area contributed by atoms with Crippen molar-refractivity contribution in [3.63, 3.8) is 0 Å². The summed E-state index contributed by atoms with van der Waals surface area (Å²) in [6, 6.07) is 8.71. The minimum absolute atomic E-state index is 0.00319. The number of halogens is 1. The highest BCUT2D eigenvalue weighted by molar-refractivity contribution is 6.30. The summed E-state index contributed by atoms with van der Waals surface area (Å²) in [7, 11) is 0. The highest BCUT2D eigenvalue weighted by Gasteiger charge is 2.29. The van der Waals surface area contributed by atoms with Crippen molar-refractivity contribution in [2.75, 3.05) is 18.4 Å². The van der Waals surface area contributed by atoms with Gasteiger partial charge in [0.2, 0.25) is 11.7 Å². The maximum atomic E-state index is 12.5. The van der Waals surface area contributed by atoms with Gasteiger partial charge in [0, 0.05) is 29.9 Å². The maximum absolute atomic E-state index is 12.5. The van der Waals surface area contributed by atoms with Gasteiger partial charge in [-0.3, -0.25) is 5.32 Å². The van der Waals surface area contributed by atoms with Gasteiger partial charge in [-0.05, 0) is 43.2 Å². The fraction of sp³-hybridized carbons (Fsp3) is 0.278. The molecule has 0 spiro atoms. The first-order valence-electron chi connectivity index (χ1n) is 8.60. The van der Waals surface area contributed by atoms with E-state index < -0.39 is 0 Å². The van der Waals surface area contributed by atoms with E-state index in [9.17, 15) is 4.79 Å². The molecule has 1 fully saturated rings. The second kappa shape index (κ2) is 7.71. The van der Waals surface area contributed by atoms with E-state index in [1.165, 1.54) is 6.33 Å². The van der Waals surface area contributed by atoms with Crippen LogP contribution in [0.5, 0.6) is 0 Å². The number of nitrogens with zero attached hydrogens (tertiary/aromatic N) is 5. The fourth-order valence-corrected chi connectivity index (χ4v) is 3.16. The Morgan fingerprint density at radius 1 is 1.26 bits per heavy atom. The van der Waals surface area contributed by atoms with E-state index in [2.05, 4.69) is 25.4 Å². The van der Waals surface area contributed by atoms with E-state index in [1.54, 1.807) is 29.3 Å². The molecular formula is C18H17ClN6O2. The van der Waals surface area contributed by atoms with Gasteiger partial charge in [0.15, 0.2) is 0 Å². The first-order valence-corrected chi connectivity index (χ1v) is 8.98. The molecule has 1 atom stereocenters. The first-order chi connectivity index (χ1) is 13.2. The van der Waals surface area contributed by atoms with Crippen molar-refractivity contribution in [2.45, 2.75) is 18.8 Å². The quantitative estimate of drug-likeness (QED) is 0.741. The van der Waals surface area contributed by atoms with Crippen molar-refractivity contribution in [1.82, 2.24) is 25.0 Å². The molecule has 1 aromatic carbocycles. The van der Waals surface area contributed by atoms with Gasteiger partial charge in [-0.2, -0.15) is 4.98 Å². The zero-order chi connectivity index (χ0) is 18.6. The number of benzene rings is 1. The zero-order valence-electron chi connectivity index (χ0n) is 14.4. The fourth-order valence-electron chi connectivity index (χ4n) is 3.03. The molecule has 3 aromatic rings. The van der Waals surface area contributed by atoms with Crippen LogP contribution in [-0.2, 0) is 0 Å². The molecule has 1 aliphatic heterocycles. The first kappa shape index (κ1) is 17.4. The standard InChI is InChI=1S/C18H17ClN6O2/c19-14-5-3-12(4-6-14)16-23-17(27-24-16)13-2-1-9-25(10-13)18(26)22-15-7-8-20-11-21-15/h3-8,11,13H,1-2,9-10H2,(H,20,21,22,26). The lowest BCUT2D eigenvalue weighted by Crippen LogP contribution is -2.41. The van der Waals surface area contributed by atoms with Gasteiger partial charge in [-0.15, -0.1) is 0 Å². The van der Waals surface area contributed by atoms with E-state index in [0.29, 0.717) is 35.6 Å². The molecule has 0 saturated carbocycles. The minimum atomic E-state index is -0.198. The van der Waals surface area contributed by atoms with Crippen LogP contribution in [0.15, 0.2) is 47.4 Å². The Labute approximate surface area is 160 Å². The highest BCUT2D eigenvalue weighted by Crippen LogP contribution is 2.28. The largest absolute Gasteiger partial charge is 0.339 e. The van der Waals surface area contributed by atoms with E-state index in [4.69, 9.17) is 16.1 Å². The highest BCUT2D eigenvalue weighted by atomic mass is 35.5. The number of anilines is 1. The van der Waals surface area contributed by atoms with Gasteiger partial charge >= 0.3 is 6.03 Å². The van der Waals surface area contributed by atoms with Crippen molar-refractivity contribution in [3.8, 4) is 11.4 Å². The molecular weight excluding hydrogens is 368 g/mol. The molecule has 1 N–H and O–H groups in total. The number of piperidine rings is 1. The van der Waals surface area contributed by atoms with Crippen molar-refractivity contribution in [2.24, 2.45) is 0 Å². The Morgan fingerprint density at radius 3 is 2.89 bits per heavy atom. The number of likely N-dealkylation sites (tertiary alicyclic amines) is 1. The average molecular weight is 385 g/mol. The Balaban J connectivity index is 1.44. The van der Waals surface area contributed by atoms with Crippen molar-refractivity contribution in [3.05, 3.63) is 53.8 Å². The normalized spacial score (nSPS) is 16.9. The number of hydrogen-bond donors (Lipinski definition) is 1. The molecule has 0 radical (unpaired) electrons. The molecule has 138 valence electrons. The summed E-state index contributed by atoms with van der Waals surface area (Å²) >= 11 is 5.91. The van der Waals surface area contributed by atoms with Gasteiger partial charge in [-0.25, -0.2) is 14.8 Å². The summed E-state index contributed by atoms with van der Waals surface area (Å²) in [5, 5.41) is 7.49. The molecule has 1 saturated heterocycles. The van der Waals surface area contributed by atoms with Crippen LogP contribution in [-0.4, -0.2) is 44.1 Å². The smallest absolute Gasteiger partial charge is 0.323 e. The number of amides is 2. The van der Waals surface area contributed by atoms with Gasteiger partial charge in [0.05, 0.1) is 5.92 Å². The Kier molecular flexibility index (Phi) is 4.97. The molecule has 2 amide bonds. The molecule has 0 aliphatic carbocycles. The van der Waals surface area contributed by atoms with Crippen LogP contribution in [0.4, 0.5) is 10.6 Å². The number of hydrogen-bond acceptors (Lipinski definition) is 6. The van der Waals surface area contributed by atoms with Crippen LogP contribution in [0.25, 0.3) is 11.4 Å². The third kappa shape index (κ3) is 4.06. The van der Waals surface area contributed by atoms with Crippen molar-refractivity contribution >= 4 is 23.4 Å². The summed E-state index contributed by atoms with van der Waals surface area (Å²) in [6.07, 6.45) is 4.73. The molecule has 1 unspecified atom stereocenters. The summed E-state index contributed by atoms with van der Waals surface area (Å²) < 4.78 is 5.46. The Morgan fingerprint density at radius 2 is 2.11 bits per heavy atom. The molecule has 2 aromatic heterocycles. The second-order valence-electron chi connectivity index (χ2n) is 6.27. The monoisotopic (exact) mass is 384 g/mol. The third-order valence-corrected chi connectivity index (χ3v) is 4.67. The number of nitrogens with one attached hydrogen (secondary N) is 1. The predicted molar refractivity (Wildman–Crippen MR) is 99.3 cm³/mol. The van der Waals surface area contributed by atoms with Crippen LogP contribution in [0, 0.1) is 0 Å². The molecule has 1 aliphatic rings. The summed E-state index contributed by atoms with van der Waals surface area (Å²) in [6.45, 7) is 1.19. The van der Waals surface area contributed by atoms with E-state index in [0.717, 1.165) is 18.4 Å². The van der Waals surface area contributed by atoms with E-state index in [-0.39, 0.29) is 11.9 Å². The van der Waals surface area contributed by atoms with Crippen LogP contribution in [0.3, 0.4) is 0 Å². The molecule has 4 rings (SSSR count). The van der Waals surface area contributed by atoms with Gasteiger partial charge in [0.25, 0.3) is 0 Å². The second-order valence-corrected chi connectivity index (χ2v) is 6.71. The SMILES string of the molecule is O=C(Nc1ccncn1)N1CCCC(c2nc(-c3ccc(Cl)cc3)no2)C1. The zero-order valence-corrected chi connectivity index (χ0v) is 15.1. The lowest BCUT2D eigenvalue weighted by Gasteiger charge is -2.30. The van der Waals surface area contributed by atoms with Crippen LogP contribution >= 0.6 is 11.6 Å². The Hall–Kier alpha value is -3.00. The molecule has 8 nitrogen and oxygen atoms in total. The van der Waals surface area contributed by atoms with Crippen LogP contribution in [0.2, 0.25) is 5.02 Å². The van der Waals surface area contributed by atoms with Gasteiger partial charge in [0.1, 0.15) is 12.1 Å². The van der Waals surface area contributed by atoms with Crippen LogP contribution < -0.4 is 5.32 Å². The van der Waals surface area contributed by atoms with Crippen molar-refractivity contribution in [1.29, 1.82) is 0 Å². The predicted octanol–water partition coefficient (Wildman–Crippen LogP) is 3.59. The van der Waals surface area contributed by atoms with E-state index >= 15 is 0 Å². The lowest BCUT2D eigenvalue weighted by molar-refractivity contribution is 0.184. The third-order valence-electron chi connectivity index (χ3n) is 4.42. The van der Waals surface area contributed by atoms with Crippen molar-refractivity contribution < 1.29 is 9.32 Å². The minimum Gasteiger partial charge on any atom is -0.339 e. The Bertz CT molecular complexity index is 915.